The van der Waals surface area contributed by atoms with Crippen LogP contribution in [0.25, 0.3) is 20.8 Å². The molecule has 3 aromatic rings. The molecule has 1 unspecified atom stereocenters. The van der Waals surface area contributed by atoms with E-state index >= 15 is 0 Å². The molecule has 1 aromatic carbocycles. The van der Waals surface area contributed by atoms with E-state index in [4.69, 9.17) is 20.2 Å². The van der Waals surface area contributed by atoms with Crippen molar-refractivity contribution in [1.82, 2.24) is 15.0 Å². The van der Waals surface area contributed by atoms with Gasteiger partial charge in [0.25, 0.3) is 0 Å². The number of fused-ring (bicyclic) bond motifs is 1. The Bertz CT molecular complexity index is 930. The molecule has 0 saturated carbocycles. The van der Waals surface area contributed by atoms with Crippen LogP contribution in [0.5, 0.6) is 0 Å². The largest absolute Gasteiger partial charge is 0.396 e. The maximum atomic E-state index is 9.40. The second-order valence-corrected chi connectivity index (χ2v) is 9.48. The third kappa shape index (κ3) is 8.01. The van der Waals surface area contributed by atoms with Gasteiger partial charge in [-0.05, 0) is 51.5 Å². The number of hydrogen-bond acceptors (Lipinski definition) is 9. The van der Waals surface area contributed by atoms with Crippen molar-refractivity contribution in [3.05, 3.63) is 30.0 Å². The first-order valence-electron chi connectivity index (χ1n) is 10.2. The van der Waals surface area contributed by atoms with Gasteiger partial charge in [0.2, 0.25) is 0 Å². The summed E-state index contributed by atoms with van der Waals surface area (Å²) in [7, 11) is 0. The zero-order valence-electron chi connectivity index (χ0n) is 18.7. The van der Waals surface area contributed by atoms with Crippen LogP contribution in [0.15, 0.2) is 29.4 Å². The Kier molecular flexibility index (Phi) is 9.64. The molecule has 9 heteroatoms. The molecule has 0 bridgehead atoms. The molecule has 31 heavy (non-hydrogen) atoms. The fourth-order valence-corrected chi connectivity index (χ4v) is 4.30. The topological polar surface area (TPSA) is 111 Å². The fraction of sp³-hybridized carbons (Fsp3) is 0.500. The van der Waals surface area contributed by atoms with Crippen molar-refractivity contribution < 1.29 is 15.3 Å². The van der Waals surface area contributed by atoms with Gasteiger partial charge >= 0.3 is 0 Å². The number of hydrogen-bond donors (Lipinski definition) is 4. The number of para-hydroxylation sites is 1. The van der Waals surface area contributed by atoms with Gasteiger partial charge in [-0.2, -0.15) is 0 Å². The Morgan fingerprint density at radius 3 is 2.42 bits per heavy atom. The van der Waals surface area contributed by atoms with Gasteiger partial charge in [0.05, 0.1) is 21.5 Å². The van der Waals surface area contributed by atoms with Crippen molar-refractivity contribution in [3.8, 4) is 10.6 Å². The van der Waals surface area contributed by atoms with E-state index < -0.39 is 5.79 Å². The number of aliphatic hydroxyl groups excluding tert-OH is 1. The molecule has 2 heterocycles. The highest BCUT2D eigenvalue weighted by atomic mass is 32.2. The number of aryl methyl sites for hydroxylation is 1. The van der Waals surface area contributed by atoms with Gasteiger partial charge in [0.15, 0.2) is 10.9 Å². The lowest BCUT2D eigenvalue weighted by Crippen LogP contribution is -2.15. The predicted octanol–water partition coefficient (Wildman–Crippen LogP) is 4.31. The fourth-order valence-electron chi connectivity index (χ4n) is 2.82. The summed E-state index contributed by atoms with van der Waals surface area (Å²) < 4.78 is 1.16. The van der Waals surface area contributed by atoms with E-state index in [0.717, 1.165) is 56.8 Å². The molecule has 0 saturated heterocycles. The highest BCUT2D eigenvalue weighted by Gasteiger charge is 2.17. The minimum Gasteiger partial charge on any atom is -0.396 e. The van der Waals surface area contributed by atoms with E-state index in [1.807, 2.05) is 31.4 Å². The zero-order chi connectivity index (χ0) is 23.0. The maximum absolute atomic E-state index is 9.40. The number of benzene rings is 1. The van der Waals surface area contributed by atoms with Crippen molar-refractivity contribution in [2.24, 2.45) is 5.92 Å². The van der Waals surface area contributed by atoms with E-state index in [1.165, 1.54) is 25.6 Å². The molecule has 0 fully saturated rings. The molecule has 3 rings (SSSR count). The van der Waals surface area contributed by atoms with Gasteiger partial charge in [-0.3, -0.25) is 0 Å². The minimum atomic E-state index is -1.50. The molecule has 170 valence electrons. The standard InChI is InChI=1S/C19H24N4OS2.C3H8O2/c1-4-13(11-24)9-10-20-17-16(12(2)21-19(23-17)25-3)18-22-14-7-5-6-8-15(14)26-18;1-3(2,4)5/h5-8,13,24H,4,9-11H2,1-3H3,(H,20,21,23);4-5H,1-2H3. The van der Waals surface area contributed by atoms with E-state index in [0.29, 0.717) is 5.92 Å². The van der Waals surface area contributed by atoms with Crippen molar-refractivity contribution >= 4 is 39.1 Å². The Balaban J connectivity index is 0.000000614. The maximum Gasteiger partial charge on any atom is 0.189 e. The van der Waals surface area contributed by atoms with Crippen LogP contribution in [0.2, 0.25) is 0 Å². The first-order valence-corrected chi connectivity index (χ1v) is 12.3. The zero-order valence-corrected chi connectivity index (χ0v) is 20.3. The van der Waals surface area contributed by atoms with Crippen LogP contribution >= 0.6 is 23.1 Å². The second kappa shape index (κ2) is 11.7. The monoisotopic (exact) mass is 464 g/mol. The number of thioether (sulfide) groups is 1. The molecule has 0 amide bonds. The quantitative estimate of drug-likeness (QED) is 0.222. The van der Waals surface area contributed by atoms with Crippen LogP contribution in [-0.4, -0.2) is 55.5 Å². The van der Waals surface area contributed by atoms with Crippen LogP contribution in [0.3, 0.4) is 0 Å². The number of aliphatic hydroxyl groups is 3. The summed E-state index contributed by atoms with van der Waals surface area (Å²) >= 11 is 3.20. The van der Waals surface area contributed by atoms with Gasteiger partial charge in [-0.15, -0.1) is 11.3 Å². The average Bonchev–Trinajstić information content (AvgIpc) is 3.13. The van der Waals surface area contributed by atoms with Gasteiger partial charge in [0.1, 0.15) is 10.8 Å². The number of rotatable bonds is 8. The summed E-state index contributed by atoms with van der Waals surface area (Å²) in [5, 5.41) is 30.7. The summed E-state index contributed by atoms with van der Waals surface area (Å²) in [5.74, 6) is -0.356. The van der Waals surface area contributed by atoms with Crippen LogP contribution in [0.4, 0.5) is 5.82 Å². The molecule has 4 N–H and O–H groups in total. The van der Waals surface area contributed by atoms with Crippen molar-refractivity contribution in [3.63, 3.8) is 0 Å². The first kappa shape index (κ1) is 25.5. The lowest BCUT2D eigenvalue weighted by atomic mass is 10.0. The van der Waals surface area contributed by atoms with Gasteiger partial charge in [-0.1, -0.05) is 37.2 Å². The van der Waals surface area contributed by atoms with Crippen molar-refractivity contribution in [1.29, 1.82) is 0 Å². The average molecular weight is 465 g/mol. The third-order valence-corrected chi connectivity index (χ3v) is 6.04. The Morgan fingerprint density at radius 1 is 1.16 bits per heavy atom. The number of aromatic nitrogens is 3. The van der Waals surface area contributed by atoms with Crippen LogP contribution in [0.1, 0.15) is 39.3 Å². The van der Waals surface area contributed by atoms with E-state index in [2.05, 4.69) is 23.3 Å². The normalized spacial score (nSPS) is 12.4. The van der Waals surface area contributed by atoms with Gasteiger partial charge < -0.3 is 20.6 Å². The summed E-state index contributed by atoms with van der Waals surface area (Å²) in [6.45, 7) is 7.70. The Labute approximate surface area is 192 Å². The molecule has 0 aliphatic rings. The predicted molar refractivity (Wildman–Crippen MR) is 130 cm³/mol. The number of thiazole rings is 1. The summed E-state index contributed by atoms with van der Waals surface area (Å²) in [6.07, 6.45) is 3.86. The number of anilines is 1. The van der Waals surface area contributed by atoms with Crippen molar-refractivity contribution in [2.45, 2.75) is 51.5 Å². The Morgan fingerprint density at radius 2 is 1.84 bits per heavy atom. The molecule has 0 radical (unpaired) electrons. The van der Waals surface area contributed by atoms with Crippen LogP contribution in [0, 0.1) is 12.8 Å². The minimum absolute atomic E-state index is 0.224. The smallest absolute Gasteiger partial charge is 0.189 e. The molecular formula is C22H32N4O3S2. The molecule has 0 spiro atoms. The van der Waals surface area contributed by atoms with Gasteiger partial charge in [0, 0.05) is 13.2 Å². The molecule has 7 nitrogen and oxygen atoms in total. The SMILES string of the molecule is CC(C)(O)O.CCC(CO)CCNc1nc(SC)nc(C)c1-c1nc2ccccc2s1. The lowest BCUT2D eigenvalue weighted by molar-refractivity contribution is -0.127. The Hall–Kier alpha value is -1.78. The van der Waals surface area contributed by atoms with Crippen LogP contribution < -0.4 is 5.32 Å². The van der Waals surface area contributed by atoms with E-state index in [-0.39, 0.29) is 6.61 Å². The first-order chi connectivity index (χ1) is 14.7. The third-order valence-electron chi connectivity index (χ3n) is 4.44. The van der Waals surface area contributed by atoms with Crippen molar-refractivity contribution in [2.75, 3.05) is 24.7 Å². The molecule has 1 atom stereocenters. The number of nitrogens with one attached hydrogen (secondary N) is 1. The highest BCUT2D eigenvalue weighted by molar-refractivity contribution is 7.98. The molecular weight excluding hydrogens is 432 g/mol. The van der Waals surface area contributed by atoms with Gasteiger partial charge in [-0.25, -0.2) is 15.0 Å². The molecule has 0 aliphatic carbocycles. The van der Waals surface area contributed by atoms with E-state index in [9.17, 15) is 5.11 Å². The van der Waals surface area contributed by atoms with Crippen LogP contribution in [-0.2, 0) is 0 Å². The highest BCUT2D eigenvalue weighted by Crippen LogP contribution is 2.36. The lowest BCUT2D eigenvalue weighted by Gasteiger charge is -2.15. The summed E-state index contributed by atoms with van der Waals surface area (Å²) in [6, 6.07) is 8.15. The molecule has 0 aliphatic heterocycles. The number of nitrogens with zero attached hydrogens (tertiary/aromatic N) is 3. The summed E-state index contributed by atoms with van der Waals surface area (Å²) in [5.41, 5.74) is 2.90. The summed E-state index contributed by atoms with van der Waals surface area (Å²) in [4.78, 5) is 14.1. The second-order valence-electron chi connectivity index (χ2n) is 7.67. The molecule has 2 aromatic heterocycles. The van der Waals surface area contributed by atoms with E-state index in [1.54, 1.807) is 11.3 Å².